The van der Waals surface area contributed by atoms with E-state index in [4.69, 9.17) is 0 Å². The van der Waals surface area contributed by atoms with Crippen molar-refractivity contribution in [1.29, 1.82) is 0 Å². The van der Waals surface area contributed by atoms with E-state index in [1.54, 1.807) is 22.6 Å². The molecule has 0 radical (unpaired) electrons. The second-order valence-corrected chi connectivity index (χ2v) is 1.91. The molecule has 0 aliphatic rings. The topological polar surface area (TPSA) is 17.1 Å². The highest BCUT2D eigenvalue weighted by Gasteiger charge is 1.80. The van der Waals surface area contributed by atoms with Crippen LogP contribution in [0, 0.1) is 0 Å². The lowest BCUT2D eigenvalue weighted by molar-refractivity contribution is -0.107. The highest BCUT2D eigenvalue weighted by Crippen LogP contribution is 1.85. The average molecular weight is 182 g/mol. The van der Waals surface area contributed by atoms with Gasteiger partial charge in [-0.25, -0.2) is 0 Å². The monoisotopic (exact) mass is 182 g/mol. The van der Waals surface area contributed by atoms with Crippen molar-refractivity contribution in [3.05, 3.63) is 0 Å². The Balaban J connectivity index is 2.85. The van der Waals surface area contributed by atoms with Crippen molar-refractivity contribution in [2.45, 2.75) is 6.32 Å². The predicted octanol–water partition coefficient (Wildman–Crippen LogP) is -0.000600. The van der Waals surface area contributed by atoms with Crippen molar-refractivity contribution in [2.24, 2.45) is 0 Å². The Morgan fingerprint density at radius 1 is 2.00 bits per heavy atom. The van der Waals surface area contributed by atoms with Crippen molar-refractivity contribution in [1.82, 2.24) is 0 Å². The first-order valence-electron chi connectivity index (χ1n) is 1.45. The minimum Gasteiger partial charge on any atom is -0.289 e. The van der Waals surface area contributed by atoms with Gasteiger partial charge in [0.15, 0.2) is 3.79 Å². The predicted molar refractivity (Wildman–Crippen MR) is 32.4 cm³/mol. The molecule has 0 aliphatic heterocycles. The van der Waals surface area contributed by atoms with Crippen LogP contribution in [0.25, 0.3) is 0 Å². The maximum atomic E-state index is 9.80. The summed E-state index contributed by atoms with van der Waals surface area (Å²) in [5.74, 6) is 0. The Bertz CT molecular complexity index is 44.9. The van der Waals surface area contributed by atoms with E-state index >= 15 is 0 Å². The minimum absolute atomic E-state index is 0.225. The molecule has 0 aromatic heterocycles. The fraction of sp³-hybridized carbons (Fsp3) is 0.500. The van der Waals surface area contributed by atoms with Gasteiger partial charge in [0.25, 0.3) is 0 Å². The van der Waals surface area contributed by atoms with Gasteiger partial charge in [0.2, 0.25) is 0 Å². The third-order valence-electron chi connectivity index (χ3n) is 0.278. The highest BCUT2D eigenvalue weighted by molar-refractivity contribution is 14.1. The van der Waals surface area contributed by atoms with E-state index in [9.17, 15) is 4.79 Å². The lowest BCUT2D eigenvalue weighted by atomic mass is 10.1. The van der Waals surface area contributed by atoms with Gasteiger partial charge in [0, 0.05) is 0 Å². The zero-order chi connectivity index (χ0) is 4.28. The van der Waals surface area contributed by atoms with Gasteiger partial charge in [-0.2, -0.15) is 0 Å². The molecule has 1 nitrogen and oxygen atoms in total. The number of carbonyl (C=O) groups excluding carboxylic acids is 1. The van der Waals surface area contributed by atoms with E-state index in [1.807, 2.05) is 7.85 Å². The Labute approximate surface area is 45.7 Å². The smallest absolute Gasteiger partial charge is 0.184 e. The van der Waals surface area contributed by atoms with E-state index in [0.717, 1.165) is 0 Å². The molecule has 0 atom stereocenters. The first kappa shape index (κ1) is 5.46. The van der Waals surface area contributed by atoms with Crippen LogP contribution < -0.4 is 0 Å². The summed E-state index contributed by atoms with van der Waals surface area (Å²) in [7, 11) is 1.84. The SMILES string of the molecule is BCC(=O)I. The van der Waals surface area contributed by atoms with Gasteiger partial charge in [-0.15, -0.1) is 0 Å². The molecule has 0 rings (SSSR count). The van der Waals surface area contributed by atoms with Crippen molar-refractivity contribution in [2.75, 3.05) is 0 Å². The Kier molecular flexibility index (Phi) is 2.94. The second kappa shape index (κ2) is 2.69. The highest BCUT2D eigenvalue weighted by atomic mass is 127. The number of carbonyl (C=O) groups is 1. The number of halogens is 1. The Hall–Kier alpha value is 0.465. The molecule has 0 saturated heterocycles. The van der Waals surface area contributed by atoms with Crippen molar-refractivity contribution in [3.63, 3.8) is 0 Å². The third kappa shape index (κ3) is 4.46. The summed E-state index contributed by atoms with van der Waals surface area (Å²) in [6, 6.07) is 0. The van der Waals surface area contributed by atoms with Crippen molar-refractivity contribution >= 4 is 34.2 Å². The van der Waals surface area contributed by atoms with Crippen LogP contribution in [-0.4, -0.2) is 11.6 Å². The van der Waals surface area contributed by atoms with Crippen LogP contribution in [0.1, 0.15) is 0 Å². The molecule has 0 aliphatic carbocycles. The molecule has 0 saturated carbocycles. The van der Waals surface area contributed by atoms with Crippen LogP contribution in [0.2, 0.25) is 6.32 Å². The summed E-state index contributed by atoms with van der Waals surface area (Å²) in [6.45, 7) is 0. The van der Waals surface area contributed by atoms with Gasteiger partial charge < -0.3 is 0 Å². The molecule has 0 heterocycles. The quantitative estimate of drug-likeness (QED) is 0.316. The molecule has 0 N–H and O–H groups in total. The molecule has 0 fully saturated rings. The molecule has 0 spiro atoms. The van der Waals surface area contributed by atoms with Crippen molar-refractivity contribution < 1.29 is 4.79 Å². The second-order valence-electron chi connectivity index (χ2n) is 0.709. The van der Waals surface area contributed by atoms with Gasteiger partial charge in [0.1, 0.15) is 7.85 Å². The maximum absolute atomic E-state index is 9.80. The van der Waals surface area contributed by atoms with Crippen LogP contribution in [0.3, 0.4) is 0 Å². The molecular formula is C2H4BIO. The molecular weight excluding hydrogens is 178 g/mol. The van der Waals surface area contributed by atoms with Crippen LogP contribution in [0.4, 0.5) is 0 Å². The van der Waals surface area contributed by atoms with Gasteiger partial charge >= 0.3 is 0 Å². The number of rotatable bonds is 1. The number of hydrogen-bond acceptors (Lipinski definition) is 1. The van der Waals surface area contributed by atoms with Crippen LogP contribution in [0.15, 0.2) is 0 Å². The minimum atomic E-state index is 0.225. The number of hydrogen-bond donors (Lipinski definition) is 0. The summed E-state index contributed by atoms with van der Waals surface area (Å²) >= 11 is 1.77. The van der Waals surface area contributed by atoms with Gasteiger partial charge in [-0.1, -0.05) is 0 Å². The molecule has 0 amide bonds. The standard InChI is InChI=1S/C2H4BIO/c3-1-2(4)5/h1,3H2. The lowest BCUT2D eigenvalue weighted by Gasteiger charge is -1.68. The molecule has 5 heavy (non-hydrogen) atoms. The molecule has 0 unspecified atom stereocenters. The van der Waals surface area contributed by atoms with Crippen LogP contribution in [-0.2, 0) is 4.79 Å². The van der Waals surface area contributed by atoms with Crippen molar-refractivity contribution in [3.8, 4) is 0 Å². The summed E-state index contributed by atoms with van der Waals surface area (Å²) in [5.41, 5.74) is 0. The average Bonchev–Trinajstić information content (AvgIpc) is 1.38. The Morgan fingerprint density at radius 3 is 2.20 bits per heavy atom. The first-order valence-corrected chi connectivity index (χ1v) is 2.53. The van der Waals surface area contributed by atoms with E-state index in [-0.39, 0.29) is 3.79 Å². The lowest BCUT2D eigenvalue weighted by Crippen LogP contribution is -1.76. The molecule has 0 aromatic rings. The van der Waals surface area contributed by atoms with E-state index < -0.39 is 0 Å². The largest absolute Gasteiger partial charge is 0.289 e. The zero-order valence-electron chi connectivity index (χ0n) is 2.99. The summed E-state index contributed by atoms with van der Waals surface area (Å²) in [5, 5.41) is 0. The van der Waals surface area contributed by atoms with Crippen LogP contribution in [0.5, 0.6) is 0 Å². The van der Waals surface area contributed by atoms with Crippen LogP contribution >= 0.6 is 22.6 Å². The normalized spacial score (nSPS) is 7.40. The van der Waals surface area contributed by atoms with Gasteiger partial charge in [-0.05, 0) is 28.9 Å². The molecule has 28 valence electrons. The summed E-state index contributed by atoms with van der Waals surface area (Å²) < 4.78 is 0.225. The zero-order valence-corrected chi connectivity index (χ0v) is 5.15. The first-order chi connectivity index (χ1) is 2.27. The molecule has 0 aromatic carbocycles. The fourth-order valence-electron chi connectivity index (χ4n) is 0. The summed E-state index contributed by atoms with van der Waals surface area (Å²) in [6.07, 6.45) is 0.653. The van der Waals surface area contributed by atoms with E-state index in [0.29, 0.717) is 6.32 Å². The van der Waals surface area contributed by atoms with E-state index in [1.165, 1.54) is 0 Å². The molecule has 3 heteroatoms. The van der Waals surface area contributed by atoms with E-state index in [2.05, 4.69) is 0 Å². The summed E-state index contributed by atoms with van der Waals surface area (Å²) in [4.78, 5) is 9.80. The Morgan fingerprint density at radius 2 is 2.20 bits per heavy atom. The fourth-order valence-corrected chi connectivity index (χ4v) is 0. The maximum Gasteiger partial charge on any atom is 0.184 e. The molecule has 0 bridgehead atoms. The third-order valence-corrected chi connectivity index (χ3v) is 1.04. The van der Waals surface area contributed by atoms with Gasteiger partial charge in [0.05, 0.1) is 0 Å². The van der Waals surface area contributed by atoms with Gasteiger partial charge in [-0.3, -0.25) is 4.79 Å².